The Bertz CT molecular complexity index is 2320. The van der Waals surface area contributed by atoms with Gasteiger partial charge in [0, 0.05) is 50.4 Å². The zero-order valence-corrected chi connectivity index (χ0v) is 41.2. The summed E-state index contributed by atoms with van der Waals surface area (Å²) in [6.07, 6.45) is 3.59. The molecule has 67 heavy (non-hydrogen) atoms. The molecule has 3 heterocycles. The number of amides is 2. The molecule has 2 N–H and O–H groups in total. The Kier molecular flexibility index (Phi) is 16.7. The zero-order chi connectivity index (χ0) is 48.7. The van der Waals surface area contributed by atoms with Crippen LogP contribution < -0.4 is 15.4 Å². The van der Waals surface area contributed by atoms with Gasteiger partial charge in [-0.2, -0.15) is 0 Å². The maximum atomic E-state index is 15.3. The third-order valence-electron chi connectivity index (χ3n) is 11.4. The average molecular weight is 953 g/mol. The van der Waals surface area contributed by atoms with Crippen LogP contribution in [0, 0.1) is 11.7 Å². The minimum absolute atomic E-state index is 0.0248. The zero-order valence-electron chi connectivity index (χ0n) is 40.4. The van der Waals surface area contributed by atoms with Gasteiger partial charge in [-0.1, -0.05) is 17.7 Å². The van der Waals surface area contributed by atoms with E-state index in [0.717, 1.165) is 16.9 Å². The van der Waals surface area contributed by atoms with Crippen molar-refractivity contribution >= 4 is 46.6 Å². The highest BCUT2D eigenvalue weighted by atomic mass is 35.5. The maximum Gasteiger partial charge on any atom is 0.410 e. The summed E-state index contributed by atoms with van der Waals surface area (Å²) in [5.41, 5.74) is -0.0746. The molecule has 1 aliphatic carbocycles. The van der Waals surface area contributed by atoms with Crippen LogP contribution >= 0.6 is 11.6 Å². The van der Waals surface area contributed by atoms with E-state index in [1.54, 1.807) is 75.3 Å². The van der Waals surface area contributed by atoms with Gasteiger partial charge in [0.1, 0.15) is 46.9 Å². The summed E-state index contributed by atoms with van der Waals surface area (Å²) in [5.74, 6) is -0.717. The number of benzene rings is 2. The minimum atomic E-state index is -0.986. The second-order valence-corrected chi connectivity index (χ2v) is 19.9. The molecule has 2 amide bonds. The predicted octanol–water partition coefficient (Wildman–Crippen LogP) is 9.16. The van der Waals surface area contributed by atoms with Crippen LogP contribution in [0.5, 0.6) is 11.5 Å². The van der Waals surface area contributed by atoms with E-state index in [-0.39, 0.29) is 49.5 Å². The summed E-state index contributed by atoms with van der Waals surface area (Å²) in [6, 6.07) is 12.3. The fraction of sp³-hybridized carbons (Fsp3) is 0.571. The van der Waals surface area contributed by atoms with Crippen molar-refractivity contribution in [1.82, 2.24) is 29.7 Å². The Morgan fingerprint density at radius 1 is 0.955 bits per heavy atom. The van der Waals surface area contributed by atoms with Gasteiger partial charge >= 0.3 is 18.2 Å². The number of carbonyl (C=O) groups is 3. The summed E-state index contributed by atoms with van der Waals surface area (Å²) in [7, 11) is 1.83. The first-order valence-corrected chi connectivity index (χ1v) is 23.4. The van der Waals surface area contributed by atoms with Crippen LogP contribution in [0.4, 0.5) is 19.8 Å². The molecule has 2 aromatic carbocycles. The monoisotopic (exact) mass is 951 g/mol. The molecule has 18 heteroatoms. The molecule has 6 rings (SSSR count). The molecule has 2 aliphatic rings. The smallest absolute Gasteiger partial charge is 0.410 e. The van der Waals surface area contributed by atoms with Gasteiger partial charge < -0.3 is 53.4 Å². The minimum Gasteiger partial charge on any atom is -0.464 e. The van der Waals surface area contributed by atoms with Gasteiger partial charge in [-0.3, -0.25) is 0 Å². The van der Waals surface area contributed by atoms with Crippen molar-refractivity contribution in [1.29, 1.82) is 0 Å². The summed E-state index contributed by atoms with van der Waals surface area (Å²) in [5, 5.41) is 7.33. The van der Waals surface area contributed by atoms with E-state index in [0.29, 0.717) is 61.8 Å². The molecule has 1 saturated heterocycles. The highest BCUT2D eigenvalue weighted by Crippen LogP contribution is 2.48. The average Bonchev–Trinajstić information content (AvgIpc) is 3.91. The SMILES string of the molecule is CCOC(=O)[C@H](CCN(CCCN(CCc1ccc(Oc2ccc(Cl)cc2)c(F)c1)C(=O)OC(C)(C)C)C[C@H]1C[C@@H](n2ccc3c(NC)ncnc32)[C@@H]2OC(C)(C)O[C@H]12)NC(=O)OC(C)(C)C. The molecule has 2 aromatic heterocycles. The highest BCUT2D eigenvalue weighted by Gasteiger charge is 2.55. The molecule has 0 radical (unpaired) electrons. The molecule has 0 bridgehead atoms. The highest BCUT2D eigenvalue weighted by molar-refractivity contribution is 6.30. The molecule has 1 saturated carbocycles. The molecule has 1 aliphatic heterocycles. The fourth-order valence-corrected chi connectivity index (χ4v) is 8.73. The number of hydrogen-bond acceptors (Lipinski definition) is 13. The first-order valence-electron chi connectivity index (χ1n) is 23.0. The van der Waals surface area contributed by atoms with Crippen molar-refractivity contribution < 1.29 is 47.2 Å². The number of fused-ring (bicyclic) bond motifs is 2. The Morgan fingerprint density at radius 3 is 2.34 bits per heavy atom. The van der Waals surface area contributed by atoms with Crippen molar-refractivity contribution in [3.05, 3.63) is 77.5 Å². The Morgan fingerprint density at radius 2 is 1.67 bits per heavy atom. The van der Waals surface area contributed by atoms with Crippen LogP contribution in [0.3, 0.4) is 0 Å². The lowest BCUT2D eigenvalue weighted by atomic mass is 10.0. The van der Waals surface area contributed by atoms with Crippen molar-refractivity contribution in [2.75, 3.05) is 51.7 Å². The van der Waals surface area contributed by atoms with E-state index >= 15 is 4.39 Å². The van der Waals surface area contributed by atoms with Crippen LogP contribution in [0.15, 0.2) is 61.1 Å². The topological polar surface area (TPSA) is 168 Å². The number of nitrogens with zero attached hydrogens (tertiary/aromatic N) is 5. The van der Waals surface area contributed by atoms with Crippen LogP contribution in [-0.2, 0) is 34.9 Å². The molecule has 0 unspecified atom stereocenters. The number of hydrogen-bond donors (Lipinski definition) is 2. The quantitative estimate of drug-likeness (QED) is 0.0675. The van der Waals surface area contributed by atoms with Crippen molar-refractivity contribution in [2.45, 2.75) is 129 Å². The van der Waals surface area contributed by atoms with Gasteiger partial charge in [0.15, 0.2) is 17.4 Å². The number of carbonyl (C=O) groups excluding carboxylic acids is 3. The van der Waals surface area contributed by atoms with Gasteiger partial charge in [0.2, 0.25) is 0 Å². The first-order chi connectivity index (χ1) is 31.6. The van der Waals surface area contributed by atoms with E-state index in [1.807, 2.05) is 53.9 Å². The Hall–Kier alpha value is -5.23. The Labute approximate surface area is 398 Å². The second kappa shape index (κ2) is 21.8. The normalized spacial score (nSPS) is 19.5. The van der Waals surface area contributed by atoms with E-state index in [1.165, 1.54) is 6.07 Å². The lowest BCUT2D eigenvalue weighted by Crippen LogP contribution is -2.47. The molecule has 2 fully saturated rings. The summed E-state index contributed by atoms with van der Waals surface area (Å²) in [6.45, 7) is 18.4. The molecule has 0 spiro atoms. The number of ether oxygens (including phenoxy) is 6. The summed E-state index contributed by atoms with van der Waals surface area (Å²) in [4.78, 5) is 53.0. The van der Waals surface area contributed by atoms with Crippen molar-refractivity contribution in [3.63, 3.8) is 0 Å². The Balaban J connectivity index is 1.21. The van der Waals surface area contributed by atoms with Gasteiger partial charge in [-0.25, -0.2) is 28.7 Å². The summed E-state index contributed by atoms with van der Waals surface area (Å²) >= 11 is 6.00. The molecule has 366 valence electrons. The van der Waals surface area contributed by atoms with E-state index in [4.69, 9.17) is 40.0 Å². The maximum absolute atomic E-state index is 15.3. The first kappa shape index (κ1) is 51.2. The second-order valence-electron chi connectivity index (χ2n) is 19.5. The lowest BCUT2D eigenvalue weighted by molar-refractivity contribution is -0.161. The number of alkyl carbamates (subject to hydrolysis) is 1. The van der Waals surface area contributed by atoms with Gasteiger partial charge in [0.25, 0.3) is 0 Å². The molecule has 16 nitrogen and oxygen atoms in total. The molecular weight excluding hydrogens is 885 g/mol. The number of rotatable bonds is 19. The van der Waals surface area contributed by atoms with Crippen molar-refractivity contribution in [3.8, 4) is 11.5 Å². The number of nitrogens with one attached hydrogen (secondary N) is 2. The van der Waals surface area contributed by atoms with Crippen LogP contribution in [0.25, 0.3) is 11.0 Å². The van der Waals surface area contributed by atoms with Gasteiger partial charge in [0.05, 0.1) is 24.1 Å². The van der Waals surface area contributed by atoms with E-state index in [9.17, 15) is 14.4 Å². The number of anilines is 1. The molecular formula is C49H67ClFN7O9. The van der Waals surface area contributed by atoms with Gasteiger partial charge in [-0.15, -0.1) is 0 Å². The molecule has 4 aromatic rings. The number of aromatic nitrogens is 3. The van der Waals surface area contributed by atoms with E-state index < -0.39 is 47.0 Å². The fourth-order valence-electron chi connectivity index (χ4n) is 8.61. The lowest BCUT2D eigenvalue weighted by Gasteiger charge is -2.31. The standard InChI is InChI=1S/C49H67ClFN7O9/c1-11-62-44(59)37(55-45(60)66-47(2,3)4)21-24-56(29-32-28-38(41-40(32)64-49(8,9)65-41)58-26-20-35-42(52-10)53-30-54-43(35)58)22-12-23-57(46(61)67-48(5,6)7)25-19-31-13-18-39(36(51)27-31)63-34-16-14-33(50)15-17-34/h13-18,20,26-27,30,32,37-38,40-41H,11-12,19,21-25,28-29H2,1-10H3,(H,55,60)(H,52,53,54)/t32-,37+,38-,40-,41+/m1/s1. The van der Waals surface area contributed by atoms with Crippen molar-refractivity contribution in [2.24, 2.45) is 5.92 Å². The van der Waals surface area contributed by atoms with Gasteiger partial charge in [-0.05, 0) is 143 Å². The summed E-state index contributed by atoms with van der Waals surface area (Å²) < 4.78 is 53.2. The van der Waals surface area contributed by atoms with E-state index in [2.05, 4.69) is 30.1 Å². The third kappa shape index (κ3) is 14.2. The largest absolute Gasteiger partial charge is 0.464 e. The molecule has 5 atom stereocenters. The van der Waals surface area contributed by atoms with Crippen LogP contribution in [0.2, 0.25) is 5.02 Å². The number of halogens is 2. The number of esters is 1. The third-order valence-corrected chi connectivity index (χ3v) is 11.7. The van der Waals surface area contributed by atoms with Crippen LogP contribution in [0.1, 0.15) is 93.2 Å². The van der Waals surface area contributed by atoms with Crippen LogP contribution in [-0.4, -0.2) is 124 Å². The predicted molar refractivity (Wildman–Crippen MR) is 253 cm³/mol.